The average molecular weight is 363 g/mol. The first-order valence-electron chi connectivity index (χ1n) is 6.94. The molecule has 23 heavy (non-hydrogen) atoms. The topological polar surface area (TPSA) is 102 Å². The highest BCUT2D eigenvalue weighted by Crippen LogP contribution is 2.21. The molecule has 0 bridgehead atoms. The SMILES string of the molecule is CCCNC(=O)[C@H](C)OC(=O)c1cc(S(=O)(=O)NC)ccc1Cl. The number of halogens is 1. The van der Waals surface area contributed by atoms with Gasteiger partial charge in [-0.1, -0.05) is 18.5 Å². The number of carbonyl (C=O) groups excluding carboxylic acids is 2. The summed E-state index contributed by atoms with van der Waals surface area (Å²) in [7, 11) is -2.47. The molecule has 128 valence electrons. The lowest BCUT2D eigenvalue weighted by Gasteiger charge is -2.14. The monoisotopic (exact) mass is 362 g/mol. The summed E-state index contributed by atoms with van der Waals surface area (Å²) < 4.78 is 30.7. The van der Waals surface area contributed by atoms with E-state index in [1.807, 2.05) is 6.92 Å². The summed E-state index contributed by atoms with van der Waals surface area (Å²) in [6, 6.07) is 3.65. The molecule has 1 aromatic rings. The summed E-state index contributed by atoms with van der Waals surface area (Å²) in [6.45, 7) is 3.78. The van der Waals surface area contributed by atoms with Crippen LogP contribution in [0.4, 0.5) is 0 Å². The second-order valence-electron chi connectivity index (χ2n) is 4.69. The number of benzene rings is 1. The van der Waals surface area contributed by atoms with Gasteiger partial charge in [0.25, 0.3) is 5.91 Å². The van der Waals surface area contributed by atoms with Gasteiger partial charge in [-0.25, -0.2) is 17.9 Å². The van der Waals surface area contributed by atoms with Crippen LogP contribution in [0.25, 0.3) is 0 Å². The molecule has 1 atom stereocenters. The largest absolute Gasteiger partial charge is 0.449 e. The van der Waals surface area contributed by atoms with Crippen molar-refractivity contribution in [1.82, 2.24) is 10.0 Å². The van der Waals surface area contributed by atoms with Crippen LogP contribution in [0, 0.1) is 0 Å². The number of amides is 1. The molecule has 1 amide bonds. The first-order valence-corrected chi connectivity index (χ1v) is 8.80. The number of nitrogens with one attached hydrogen (secondary N) is 2. The number of ether oxygens (including phenoxy) is 1. The molecule has 0 spiro atoms. The average Bonchev–Trinajstić information content (AvgIpc) is 2.52. The van der Waals surface area contributed by atoms with Crippen LogP contribution < -0.4 is 10.0 Å². The van der Waals surface area contributed by atoms with Crippen LogP contribution in [0.1, 0.15) is 30.6 Å². The van der Waals surface area contributed by atoms with Crippen LogP contribution in [-0.4, -0.2) is 40.0 Å². The zero-order valence-corrected chi connectivity index (χ0v) is 14.6. The molecule has 9 heteroatoms. The van der Waals surface area contributed by atoms with Crippen molar-refractivity contribution in [2.75, 3.05) is 13.6 Å². The number of hydrogen-bond acceptors (Lipinski definition) is 5. The number of sulfonamides is 1. The standard InChI is InChI=1S/C14H19ClN2O5S/c1-4-7-17-13(18)9(2)22-14(19)11-8-10(5-6-12(11)15)23(20,21)16-3/h5-6,8-9,16H,4,7H2,1-3H3,(H,17,18)/t9-/m0/s1. The minimum Gasteiger partial charge on any atom is -0.449 e. The van der Waals surface area contributed by atoms with Crippen LogP contribution >= 0.6 is 11.6 Å². The molecule has 0 aliphatic carbocycles. The van der Waals surface area contributed by atoms with Gasteiger partial charge in [0.15, 0.2) is 6.10 Å². The Morgan fingerprint density at radius 3 is 2.57 bits per heavy atom. The Labute approximate surface area is 140 Å². The quantitative estimate of drug-likeness (QED) is 0.712. The van der Waals surface area contributed by atoms with Gasteiger partial charge in [0.1, 0.15) is 0 Å². The fourth-order valence-corrected chi connectivity index (χ4v) is 2.57. The van der Waals surface area contributed by atoms with Crippen LogP contribution in [0.3, 0.4) is 0 Å². The zero-order valence-electron chi connectivity index (χ0n) is 13.1. The fourth-order valence-electron chi connectivity index (χ4n) is 1.62. The van der Waals surface area contributed by atoms with Gasteiger partial charge < -0.3 is 10.1 Å². The summed E-state index contributed by atoms with van der Waals surface area (Å²) in [5.74, 6) is -1.31. The Morgan fingerprint density at radius 1 is 1.35 bits per heavy atom. The number of rotatable bonds is 7. The second kappa shape index (κ2) is 8.28. The van der Waals surface area contributed by atoms with Crippen molar-refractivity contribution in [2.45, 2.75) is 31.3 Å². The van der Waals surface area contributed by atoms with Gasteiger partial charge in [-0.15, -0.1) is 0 Å². The molecule has 2 N–H and O–H groups in total. The summed E-state index contributed by atoms with van der Waals surface area (Å²) in [6.07, 6.45) is -0.267. The molecular weight excluding hydrogens is 344 g/mol. The minimum absolute atomic E-state index is 0.0335. The first-order chi connectivity index (χ1) is 10.7. The second-order valence-corrected chi connectivity index (χ2v) is 6.98. The van der Waals surface area contributed by atoms with Crippen molar-refractivity contribution in [3.8, 4) is 0 Å². The molecule has 7 nitrogen and oxygen atoms in total. The minimum atomic E-state index is -3.72. The van der Waals surface area contributed by atoms with Gasteiger partial charge in [-0.2, -0.15) is 0 Å². The van der Waals surface area contributed by atoms with Crippen molar-refractivity contribution < 1.29 is 22.7 Å². The van der Waals surface area contributed by atoms with E-state index in [-0.39, 0.29) is 15.5 Å². The highest BCUT2D eigenvalue weighted by Gasteiger charge is 2.22. The van der Waals surface area contributed by atoms with E-state index < -0.39 is 28.0 Å². The van der Waals surface area contributed by atoms with Crippen molar-refractivity contribution in [1.29, 1.82) is 0 Å². The van der Waals surface area contributed by atoms with Crippen LogP contribution in [0.2, 0.25) is 5.02 Å². The highest BCUT2D eigenvalue weighted by atomic mass is 35.5. The molecule has 0 aliphatic rings. The van der Waals surface area contributed by atoms with Gasteiger partial charge in [0.2, 0.25) is 10.0 Å². The maximum Gasteiger partial charge on any atom is 0.340 e. The van der Waals surface area contributed by atoms with Crippen LogP contribution in [0.5, 0.6) is 0 Å². The zero-order chi connectivity index (χ0) is 17.6. The van der Waals surface area contributed by atoms with Crippen molar-refractivity contribution in [3.63, 3.8) is 0 Å². The first kappa shape index (κ1) is 19.4. The third-order valence-corrected chi connectivity index (χ3v) is 4.68. The van der Waals surface area contributed by atoms with Crippen LogP contribution in [-0.2, 0) is 19.6 Å². The summed E-state index contributed by atoms with van der Waals surface area (Å²) in [5.41, 5.74) is -0.127. The maximum atomic E-state index is 12.1. The van der Waals surface area contributed by atoms with E-state index in [1.54, 1.807) is 0 Å². The van der Waals surface area contributed by atoms with Crippen molar-refractivity contribution in [3.05, 3.63) is 28.8 Å². The number of carbonyl (C=O) groups is 2. The molecule has 0 aromatic heterocycles. The van der Waals surface area contributed by atoms with Gasteiger partial charge in [0.05, 0.1) is 15.5 Å². The molecule has 0 aliphatic heterocycles. The predicted octanol–water partition coefficient (Wildman–Crippen LogP) is 1.32. The lowest BCUT2D eigenvalue weighted by Crippen LogP contribution is -2.36. The van der Waals surface area contributed by atoms with E-state index >= 15 is 0 Å². The van der Waals surface area contributed by atoms with Gasteiger partial charge in [-0.3, -0.25) is 4.79 Å². The van der Waals surface area contributed by atoms with Crippen molar-refractivity contribution in [2.24, 2.45) is 0 Å². The van der Waals surface area contributed by atoms with E-state index in [2.05, 4.69) is 10.0 Å². The third-order valence-electron chi connectivity index (χ3n) is 2.94. The molecule has 0 heterocycles. The Balaban J connectivity index is 2.96. The predicted molar refractivity (Wildman–Crippen MR) is 85.9 cm³/mol. The van der Waals surface area contributed by atoms with Crippen LogP contribution in [0.15, 0.2) is 23.1 Å². The van der Waals surface area contributed by atoms with E-state index in [0.29, 0.717) is 6.54 Å². The van der Waals surface area contributed by atoms with E-state index in [4.69, 9.17) is 16.3 Å². The molecule has 1 aromatic carbocycles. The lowest BCUT2D eigenvalue weighted by atomic mass is 10.2. The molecule has 0 fully saturated rings. The third kappa shape index (κ3) is 5.19. The van der Waals surface area contributed by atoms with Gasteiger partial charge >= 0.3 is 5.97 Å². The van der Waals surface area contributed by atoms with E-state index in [1.165, 1.54) is 26.1 Å². The molecule has 0 saturated heterocycles. The smallest absolute Gasteiger partial charge is 0.340 e. The molecule has 0 saturated carbocycles. The molecular formula is C14H19ClN2O5S. The van der Waals surface area contributed by atoms with E-state index in [0.717, 1.165) is 12.5 Å². The summed E-state index contributed by atoms with van der Waals surface area (Å²) >= 11 is 5.91. The maximum absolute atomic E-state index is 12.1. The van der Waals surface area contributed by atoms with Crippen molar-refractivity contribution >= 4 is 33.5 Å². The molecule has 0 unspecified atom stereocenters. The Hall–Kier alpha value is -1.64. The Bertz CT molecular complexity index is 690. The molecule has 1 rings (SSSR count). The summed E-state index contributed by atoms with van der Waals surface area (Å²) in [5, 5.41) is 2.63. The van der Waals surface area contributed by atoms with Gasteiger partial charge in [0, 0.05) is 6.54 Å². The molecule has 0 radical (unpaired) electrons. The van der Waals surface area contributed by atoms with E-state index in [9.17, 15) is 18.0 Å². The Kier molecular flexibility index (Phi) is 6.99. The summed E-state index contributed by atoms with van der Waals surface area (Å²) in [4.78, 5) is 23.7. The highest BCUT2D eigenvalue weighted by molar-refractivity contribution is 7.89. The fraction of sp³-hybridized carbons (Fsp3) is 0.429. The Morgan fingerprint density at radius 2 is 2.00 bits per heavy atom. The number of hydrogen-bond donors (Lipinski definition) is 2. The number of esters is 1. The lowest BCUT2D eigenvalue weighted by molar-refractivity contribution is -0.129. The van der Waals surface area contributed by atoms with Gasteiger partial charge in [-0.05, 0) is 38.6 Å². The normalized spacial score (nSPS) is 12.5.